The Hall–Kier alpha value is -1.63. The molecule has 0 unspecified atom stereocenters. The third kappa shape index (κ3) is 3.92. The molecule has 1 aliphatic heterocycles. The van der Waals surface area contributed by atoms with Gasteiger partial charge in [0.1, 0.15) is 0 Å². The van der Waals surface area contributed by atoms with Crippen LogP contribution in [-0.4, -0.2) is 34.6 Å². The molecular formula is C12H23N7. The van der Waals surface area contributed by atoms with Gasteiger partial charge in [0.2, 0.25) is 17.8 Å². The number of unbranched alkanes of at least 4 members (excludes halogenated alkanes) is 2. The molecule has 1 aliphatic rings. The Kier molecular flexibility index (Phi) is 5.14. The number of anilines is 3. The monoisotopic (exact) mass is 265 g/mol. The van der Waals surface area contributed by atoms with Gasteiger partial charge >= 0.3 is 0 Å². The topological polar surface area (TPSA) is 92.0 Å². The molecule has 2 heterocycles. The summed E-state index contributed by atoms with van der Waals surface area (Å²) in [7, 11) is 0. The van der Waals surface area contributed by atoms with Crippen LogP contribution in [0.25, 0.3) is 0 Å². The van der Waals surface area contributed by atoms with E-state index in [1.807, 2.05) is 0 Å². The molecule has 4 N–H and O–H groups in total. The van der Waals surface area contributed by atoms with Crippen molar-refractivity contribution in [3.8, 4) is 0 Å². The Morgan fingerprint density at radius 2 is 1.84 bits per heavy atom. The smallest absolute Gasteiger partial charge is 0.243 e. The predicted octanol–water partition coefficient (Wildman–Crippen LogP) is 1.36. The van der Waals surface area contributed by atoms with E-state index in [9.17, 15) is 0 Å². The van der Waals surface area contributed by atoms with E-state index in [1.165, 1.54) is 25.7 Å². The lowest BCUT2D eigenvalue weighted by Gasteiger charge is -2.16. The number of hydrogen-bond acceptors (Lipinski definition) is 7. The van der Waals surface area contributed by atoms with Crippen molar-refractivity contribution in [2.75, 3.05) is 35.3 Å². The van der Waals surface area contributed by atoms with Crippen LogP contribution in [0.1, 0.15) is 39.0 Å². The quantitative estimate of drug-likeness (QED) is 0.389. The summed E-state index contributed by atoms with van der Waals surface area (Å²) >= 11 is 0. The van der Waals surface area contributed by atoms with Crippen molar-refractivity contribution >= 4 is 17.8 Å². The predicted molar refractivity (Wildman–Crippen MR) is 77.1 cm³/mol. The van der Waals surface area contributed by atoms with Crippen LogP contribution in [0.5, 0.6) is 0 Å². The van der Waals surface area contributed by atoms with Gasteiger partial charge in [-0.3, -0.25) is 5.43 Å². The van der Waals surface area contributed by atoms with Crippen LogP contribution in [-0.2, 0) is 0 Å². The number of hydrogen-bond donors (Lipinski definition) is 3. The van der Waals surface area contributed by atoms with E-state index in [4.69, 9.17) is 5.84 Å². The molecular weight excluding hydrogens is 242 g/mol. The van der Waals surface area contributed by atoms with Gasteiger partial charge < -0.3 is 10.2 Å². The molecule has 1 saturated heterocycles. The van der Waals surface area contributed by atoms with Gasteiger partial charge in [0.15, 0.2) is 0 Å². The van der Waals surface area contributed by atoms with E-state index in [0.717, 1.165) is 26.1 Å². The van der Waals surface area contributed by atoms with Gasteiger partial charge in [-0.25, -0.2) is 5.84 Å². The number of nitrogens with zero attached hydrogens (tertiary/aromatic N) is 4. The van der Waals surface area contributed by atoms with Crippen molar-refractivity contribution in [2.45, 2.75) is 39.0 Å². The van der Waals surface area contributed by atoms with Crippen LogP contribution in [0.4, 0.5) is 17.8 Å². The number of nitrogen functional groups attached to an aromatic ring is 1. The first-order chi connectivity index (χ1) is 9.33. The lowest BCUT2D eigenvalue weighted by Crippen LogP contribution is -2.23. The normalized spacial score (nSPS) is 14.7. The maximum Gasteiger partial charge on any atom is 0.243 e. The fraction of sp³-hybridized carbons (Fsp3) is 0.750. The van der Waals surface area contributed by atoms with Crippen LogP contribution in [0.3, 0.4) is 0 Å². The number of nitrogens with one attached hydrogen (secondary N) is 2. The molecule has 7 nitrogen and oxygen atoms in total. The highest BCUT2D eigenvalue weighted by atomic mass is 15.4. The molecule has 0 radical (unpaired) electrons. The van der Waals surface area contributed by atoms with Crippen LogP contribution >= 0.6 is 0 Å². The maximum atomic E-state index is 5.41. The molecule has 19 heavy (non-hydrogen) atoms. The first kappa shape index (κ1) is 13.8. The van der Waals surface area contributed by atoms with Crippen molar-refractivity contribution in [3.05, 3.63) is 0 Å². The molecule has 0 aliphatic carbocycles. The van der Waals surface area contributed by atoms with E-state index in [-0.39, 0.29) is 0 Å². The summed E-state index contributed by atoms with van der Waals surface area (Å²) in [6, 6.07) is 0. The van der Waals surface area contributed by atoms with Crippen LogP contribution in [0.2, 0.25) is 0 Å². The summed E-state index contributed by atoms with van der Waals surface area (Å²) in [4.78, 5) is 15.2. The molecule has 2 rings (SSSR count). The van der Waals surface area contributed by atoms with E-state index >= 15 is 0 Å². The summed E-state index contributed by atoms with van der Waals surface area (Å²) in [6.45, 7) is 5.07. The number of hydrazine groups is 1. The van der Waals surface area contributed by atoms with E-state index in [2.05, 4.69) is 37.5 Å². The number of aromatic nitrogens is 3. The van der Waals surface area contributed by atoms with E-state index in [0.29, 0.717) is 17.8 Å². The molecule has 0 atom stereocenters. The van der Waals surface area contributed by atoms with Crippen LogP contribution < -0.4 is 21.5 Å². The van der Waals surface area contributed by atoms with Crippen LogP contribution in [0, 0.1) is 0 Å². The summed E-state index contributed by atoms with van der Waals surface area (Å²) < 4.78 is 0. The number of nitrogens with two attached hydrogens (primary N) is 1. The minimum atomic E-state index is 0.412. The lowest BCUT2D eigenvalue weighted by molar-refractivity contribution is 0.739. The third-order valence-electron chi connectivity index (χ3n) is 3.21. The van der Waals surface area contributed by atoms with E-state index < -0.39 is 0 Å². The zero-order valence-corrected chi connectivity index (χ0v) is 11.5. The molecule has 0 amide bonds. The fourth-order valence-corrected chi connectivity index (χ4v) is 2.14. The molecule has 1 fully saturated rings. The SMILES string of the molecule is CCCCCNc1nc(NN)nc(N2CCCC2)n1. The fourth-order valence-electron chi connectivity index (χ4n) is 2.14. The van der Waals surface area contributed by atoms with Gasteiger partial charge in [-0.1, -0.05) is 19.8 Å². The molecule has 0 bridgehead atoms. The summed E-state index contributed by atoms with van der Waals surface area (Å²) in [5.41, 5.74) is 2.50. The highest BCUT2D eigenvalue weighted by Gasteiger charge is 2.17. The second-order valence-electron chi connectivity index (χ2n) is 4.75. The molecule has 0 saturated carbocycles. The van der Waals surface area contributed by atoms with Gasteiger partial charge in [-0.2, -0.15) is 15.0 Å². The third-order valence-corrected chi connectivity index (χ3v) is 3.21. The second-order valence-corrected chi connectivity index (χ2v) is 4.75. The first-order valence-corrected chi connectivity index (χ1v) is 7.05. The molecule has 0 spiro atoms. The van der Waals surface area contributed by atoms with Gasteiger partial charge in [0, 0.05) is 19.6 Å². The summed E-state index contributed by atoms with van der Waals surface area (Å²) in [6.07, 6.45) is 5.91. The first-order valence-electron chi connectivity index (χ1n) is 7.05. The highest BCUT2D eigenvalue weighted by molar-refractivity contribution is 5.43. The summed E-state index contributed by atoms with van der Waals surface area (Å²) in [5, 5.41) is 3.23. The molecule has 7 heteroatoms. The van der Waals surface area contributed by atoms with Crippen molar-refractivity contribution < 1.29 is 0 Å². The Bertz CT molecular complexity index is 390. The zero-order valence-electron chi connectivity index (χ0n) is 11.5. The maximum absolute atomic E-state index is 5.41. The second kappa shape index (κ2) is 7.08. The van der Waals surface area contributed by atoms with Gasteiger partial charge in [0.25, 0.3) is 0 Å². The average Bonchev–Trinajstić information content (AvgIpc) is 2.97. The molecule has 0 aromatic carbocycles. The largest absolute Gasteiger partial charge is 0.354 e. The average molecular weight is 265 g/mol. The van der Waals surface area contributed by atoms with Crippen molar-refractivity contribution in [3.63, 3.8) is 0 Å². The Labute approximate surface area is 114 Å². The Balaban J connectivity index is 2.02. The van der Waals surface area contributed by atoms with Crippen molar-refractivity contribution in [1.29, 1.82) is 0 Å². The summed E-state index contributed by atoms with van der Waals surface area (Å²) in [5.74, 6) is 7.13. The zero-order chi connectivity index (χ0) is 13.5. The minimum absolute atomic E-state index is 0.412. The van der Waals surface area contributed by atoms with Crippen molar-refractivity contribution in [1.82, 2.24) is 15.0 Å². The van der Waals surface area contributed by atoms with Gasteiger partial charge in [0.05, 0.1) is 0 Å². The van der Waals surface area contributed by atoms with Crippen LogP contribution in [0.15, 0.2) is 0 Å². The van der Waals surface area contributed by atoms with E-state index in [1.54, 1.807) is 0 Å². The molecule has 1 aromatic heterocycles. The Morgan fingerprint density at radius 1 is 1.11 bits per heavy atom. The van der Waals surface area contributed by atoms with Gasteiger partial charge in [-0.05, 0) is 19.3 Å². The Morgan fingerprint density at radius 3 is 2.53 bits per heavy atom. The minimum Gasteiger partial charge on any atom is -0.354 e. The van der Waals surface area contributed by atoms with Gasteiger partial charge in [-0.15, -0.1) is 0 Å². The number of rotatable bonds is 7. The van der Waals surface area contributed by atoms with Crippen molar-refractivity contribution in [2.24, 2.45) is 5.84 Å². The lowest BCUT2D eigenvalue weighted by atomic mass is 10.2. The molecule has 1 aromatic rings. The molecule has 106 valence electrons. The standard InChI is InChI=1S/C12H23N7/c1-2-3-4-7-14-10-15-11(18-13)17-12(16-10)19-8-5-6-9-19/h2-9,13H2,1H3,(H2,14,15,16,17,18). The highest BCUT2D eigenvalue weighted by Crippen LogP contribution is 2.18.